The third kappa shape index (κ3) is 7.24. The molecule has 1 aromatic carbocycles. The largest absolute Gasteiger partial charge is 0.491 e. The Morgan fingerprint density at radius 2 is 2.16 bits per heavy atom. The summed E-state index contributed by atoms with van der Waals surface area (Å²) < 4.78 is 12.2. The molecular formula is C19H29BrN2O3. The predicted octanol–water partition coefficient (Wildman–Crippen LogP) is 4.13. The van der Waals surface area contributed by atoms with Crippen LogP contribution in [0.4, 0.5) is 4.79 Å². The zero-order valence-corrected chi connectivity index (χ0v) is 17.2. The van der Waals surface area contributed by atoms with Gasteiger partial charge in [0, 0.05) is 19.1 Å². The van der Waals surface area contributed by atoms with Crippen molar-refractivity contribution in [3.05, 3.63) is 28.2 Å². The van der Waals surface area contributed by atoms with Crippen molar-refractivity contribution >= 4 is 22.0 Å². The van der Waals surface area contributed by atoms with Gasteiger partial charge in [-0.1, -0.05) is 6.07 Å². The first-order chi connectivity index (χ1) is 11.7. The van der Waals surface area contributed by atoms with Gasteiger partial charge >= 0.3 is 6.09 Å². The Morgan fingerprint density at radius 3 is 2.88 bits per heavy atom. The minimum absolute atomic E-state index is 0.134. The molecule has 0 saturated carbocycles. The highest BCUT2D eigenvalue weighted by Crippen LogP contribution is 2.25. The highest BCUT2D eigenvalue weighted by molar-refractivity contribution is 9.10. The van der Waals surface area contributed by atoms with Gasteiger partial charge in [0.2, 0.25) is 0 Å². The van der Waals surface area contributed by atoms with E-state index in [2.05, 4.69) is 39.1 Å². The maximum absolute atomic E-state index is 11.9. The molecule has 1 heterocycles. The minimum Gasteiger partial charge on any atom is -0.491 e. The first kappa shape index (κ1) is 20.0. The van der Waals surface area contributed by atoms with Crippen molar-refractivity contribution in [3.8, 4) is 5.75 Å². The number of piperidine rings is 1. The molecule has 1 fully saturated rings. The second kappa shape index (κ2) is 8.90. The normalized spacial score (nSPS) is 18.7. The van der Waals surface area contributed by atoms with Gasteiger partial charge in [-0.25, -0.2) is 4.79 Å². The standard InChI is InChI=1S/C19H29BrN2O3/c1-14-7-8-16(20)17(12-14)24-11-10-22-9-5-6-15(13-22)21-18(23)25-19(2,3)4/h7-8,12,15H,5-6,9-11,13H2,1-4H3,(H,21,23)/t15-/m0/s1. The van der Waals surface area contributed by atoms with Crippen molar-refractivity contribution in [2.75, 3.05) is 26.2 Å². The van der Waals surface area contributed by atoms with E-state index in [1.54, 1.807) is 0 Å². The summed E-state index contributed by atoms with van der Waals surface area (Å²) in [6.07, 6.45) is 1.72. The first-order valence-corrected chi connectivity index (χ1v) is 9.63. The maximum atomic E-state index is 11.9. The Balaban J connectivity index is 1.75. The summed E-state index contributed by atoms with van der Waals surface area (Å²) in [6, 6.07) is 6.22. The second-order valence-electron chi connectivity index (χ2n) is 7.57. The number of carbonyl (C=O) groups excluding carboxylic acids is 1. The fourth-order valence-corrected chi connectivity index (χ4v) is 3.22. The molecule has 1 amide bonds. The summed E-state index contributed by atoms with van der Waals surface area (Å²) in [7, 11) is 0. The topological polar surface area (TPSA) is 50.8 Å². The third-order valence-electron chi connectivity index (χ3n) is 3.98. The lowest BCUT2D eigenvalue weighted by Gasteiger charge is -2.33. The fraction of sp³-hybridized carbons (Fsp3) is 0.632. The molecule has 6 heteroatoms. The number of aryl methyl sites for hydroxylation is 1. The molecule has 2 rings (SSSR count). The molecule has 0 aromatic heterocycles. The Bertz CT molecular complexity index is 587. The van der Waals surface area contributed by atoms with Crippen LogP contribution in [-0.2, 0) is 4.74 Å². The van der Waals surface area contributed by atoms with E-state index in [9.17, 15) is 4.79 Å². The van der Waals surface area contributed by atoms with E-state index >= 15 is 0 Å². The molecule has 1 N–H and O–H groups in total. The lowest BCUT2D eigenvalue weighted by Crippen LogP contribution is -2.49. The highest BCUT2D eigenvalue weighted by Gasteiger charge is 2.24. The summed E-state index contributed by atoms with van der Waals surface area (Å²) in [5.41, 5.74) is 0.714. The molecule has 1 aromatic rings. The van der Waals surface area contributed by atoms with Crippen LogP contribution in [0, 0.1) is 6.92 Å². The Kier molecular flexibility index (Phi) is 7.14. The van der Waals surface area contributed by atoms with Crippen LogP contribution in [0.3, 0.4) is 0 Å². The smallest absolute Gasteiger partial charge is 0.407 e. The van der Waals surface area contributed by atoms with Crippen molar-refractivity contribution < 1.29 is 14.3 Å². The number of hydrogen-bond acceptors (Lipinski definition) is 4. The van der Waals surface area contributed by atoms with Crippen LogP contribution < -0.4 is 10.1 Å². The van der Waals surface area contributed by atoms with Gasteiger partial charge in [0.25, 0.3) is 0 Å². The SMILES string of the molecule is Cc1ccc(Br)c(OCCN2CCC[C@H](NC(=O)OC(C)(C)C)C2)c1. The molecular weight excluding hydrogens is 384 g/mol. The Hall–Kier alpha value is -1.27. The number of benzene rings is 1. The van der Waals surface area contributed by atoms with Gasteiger partial charge in [-0.3, -0.25) is 4.90 Å². The van der Waals surface area contributed by atoms with Crippen molar-refractivity contribution in [2.24, 2.45) is 0 Å². The number of amides is 1. The maximum Gasteiger partial charge on any atom is 0.407 e. The van der Waals surface area contributed by atoms with Crippen LogP contribution >= 0.6 is 15.9 Å². The van der Waals surface area contributed by atoms with E-state index in [0.29, 0.717) is 6.61 Å². The van der Waals surface area contributed by atoms with Gasteiger partial charge in [-0.05, 0) is 80.7 Å². The molecule has 1 saturated heterocycles. The van der Waals surface area contributed by atoms with Gasteiger partial charge in [0.15, 0.2) is 0 Å². The van der Waals surface area contributed by atoms with Gasteiger partial charge in [0.1, 0.15) is 18.0 Å². The van der Waals surface area contributed by atoms with Crippen molar-refractivity contribution in [1.29, 1.82) is 0 Å². The van der Waals surface area contributed by atoms with E-state index < -0.39 is 5.60 Å². The van der Waals surface area contributed by atoms with Crippen LogP contribution in [0.5, 0.6) is 5.75 Å². The van der Waals surface area contributed by atoms with Gasteiger partial charge < -0.3 is 14.8 Å². The minimum atomic E-state index is -0.465. The molecule has 1 aliphatic rings. The zero-order chi connectivity index (χ0) is 18.4. The number of alkyl carbamates (subject to hydrolysis) is 1. The molecule has 0 spiro atoms. The number of halogens is 1. The van der Waals surface area contributed by atoms with Crippen LogP contribution in [0.15, 0.2) is 22.7 Å². The molecule has 1 atom stereocenters. The lowest BCUT2D eigenvalue weighted by molar-refractivity contribution is 0.0469. The summed E-state index contributed by atoms with van der Waals surface area (Å²) >= 11 is 3.52. The quantitative estimate of drug-likeness (QED) is 0.789. The van der Waals surface area contributed by atoms with Crippen molar-refractivity contribution in [3.63, 3.8) is 0 Å². The predicted molar refractivity (Wildman–Crippen MR) is 103 cm³/mol. The molecule has 0 bridgehead atoms. The third-order valence-corrected chi connectivity index (χ3v) is 4.63. The van der Waals surface area contributed by atoms with Crippen LogP contribution in [0.1, 0.15) is 39.2 Å². The van der Waals surface area contributed by atoms with E-state index in [4.69, 9.17) is 9.47 Å². The van der Waals surface area contributed by atoms with Crippen LogP contribution in [0.2, 0.25) is 0 Å². The van der Waals surface area contributed by atoms with E-state index in [0.717, 1.165) is 42.7 Å². The van der Waals surface area contributed by atoms with E-state index in [1.807, 2.05) is 32.9 Å². The molecule has 0 aliphatic carbocycles. The van der Waals surface area contributed by atoms with Crippen LogP contribution in [0.25, 0.3) is 0 Å². The molecule has 25 heavy (non-hydrogen) atoms. The number of ether oxygens (including phenoxy) is 2. The molecule has 5 nitrogen and oxygen atoms in total. The molecule has 0 radical (unpaired) electrons. The molecule has 140 valence electrons. The van der Waals surface area contributed by atoms with Gasteiger partial charge in [-0.15, -0.1) is 0 Å². The van der Waals surface area contributed by atoms with E-state index in [1.165, 1.54) is 5.56 Å². The summed E-state index contributed by atoms with van der Waals surface area (Å²) in [6.45, 7) is 11.0. The highest BCUT2D eigenvalue weighted by atomic mass is 79.9. The van der Waals surface area contributed by atoms with Gasteiger partial charge in [-0.2, -0.15) is 0 Å². The second-order valence-corrected chi connectivity index (χ2v) is 8.42. The van der Waals surface area contributed by atoms with E-state index in [-0.39, 0.29) is 12.1 Å². The fourth-order valence-electron chi connectivity index (χ4n) is 2.86. The number of carbonyl (C=O) groups is 1. The zero-order valence-electron chi connectivity index (χ0n) is 15.6. The monoisotopic (exact) mass is 412 g/mol. The molecule has 1 aliphatic heterocycles. The number of likely N-dealkylation sites (tertiary alicyclic amines) is 1. The lowest BCUT2D eigenvalue weighted by atomic mass is 10.1. The number of rotatable bonds is 5. The number of nitrogens with zero attached hydrogens (tertiary/aromatic N) is 1. The summed E-state index contributed by atoms with van der Waals surface area (Å²) in [5, 5.41) is 2.98. The molecule has 0 unspecified atom stereocenters. The number of hydrogen-bond donors (Lipinski definition) is 1. The van der Waals surface area contributed by atoms with Crippen molar-refractivity contribution in [2.45, 2.75) is 52.2 Å². The average Bonchev–Trinajstić information content (AvgIpc) is 2.49. The van der Waals surface area contributed by atoms with Crippen LogP contribution in [-0.4, -0.2) is 48.9 Å². The Morgan fingerprint density at radius 1 is 1.40 bits per heavy atom. The number of nitrogens with one attached hydrogen (secondary N) is 1. The van der Waals surface area contributed by atoms with Gasteiger partial charge in [0.05, 0.1) is 4.47 Å². The average molecular weight is 413 g/mol. The summed E-state index contributed by atoms with van der Waals surface area (Å²) in [4.78, 5) is 14.2. The Labute approximate surface area is 159 Å². The van der Waals surface area contributed by atoms with Crippen molar-refractivity contribution in [1.82, 2.24) is 10.2 Å². The summed E-state index contributed by atoms with van der Waals surface area (Å²) in [5.74, 6) is 0.875. The first-order valence-electron chi connectivity index (χ1n) is 8.84.